The summed E-state index contributed by atoms with van der Waals surface area (Å²) in [5, 5.41) is 3.01. The molecular weight excluding hydrogens is 304 g/mol. The summed E-state index contributed by atoms with van der Waals surface area (Å²) in [4.78, 5) is 31.0. The molecule has 2 N–H and O–H groups in total. The lowest BCUT2D eigenvalue weighted by molar-refractivity contribution is -0.122. The van der Waals surface area contributed by atoms with E-state index in [0.29, 0.717) is 24.5 Å². The number of aromatic nitrogens is 4. The highest BCUT2D eigenvalue weighted by Crippen LogP contribution is 2.41. The molecule has 2 fully saturated rings. The Hall–Kier alpha value is -2.44. The zero-order valence-corrected chi connectivity index (χ0v) is 13.6. The number of nitrogens with one attached hydrogen (secondary N) is 2. The maximum absolute atomic E-state index is 12.8. The Morgan fingerprint density at radius 2 is 2.04 bits per heavy atom. The Morgan fingerprint density at radius 1 is 1.21 bits per heavy atom. The molecule has 0 spiro atoms. The summed E-state index contributed by atoms with van der Waals surface area (Å²) < 4.78 is 0. The van der Waals surface area contributed by atoms with Gasteiger partial charge < -0.3 is 15.2 Å². The fourth-order valence-corrected chi connectivity index (χ4v) is 4.09. The summed E-state index contributed by atoms with van der Waals surface area (Å²) in [6.45, 7) is 0.418. The van der Waals surface area contributed by atoms with Gasteiger partial charge in [0.05, 0.1) is 6.54 Å². The van der Waals surface area contributed by atoms with Crippen molar-refractivity contribution in [3.8, 4) is 0 Å². The van der Waals surface area contributed by atoms with Gasteiger partial charge in [0.25, 0.3) is 0 Å². The third-order valence-electron chi connectivity index (χ3n) is 5.16. The number of carbonyl (C=O) groups is 1. The number of hydrogen-bond donors (Lipinski definition) is 2. The van der Waals surface area contributed by atoms with Gasteiger partial charge in [0.2, 0.25) is 11.9 Å². The fraction of sp³-hybridized carbons (Fsp3) is 0.529. The molecule has 0 bridgehead atoms. The first kappa shape index (κ1) is 15.1. The normalized spacial score (nSPS) is 26.2. The minimum atomic E-state index is -0.199. The van der Waals surface area contributed by atoms with E-state index in [-0.39, 0.29) is 11.9 Å². The summed E-state index contributed by atoms with van der Waals surface area (Å²) in [6.07, 6.45) is 12.6. The van der Waals surface area contributed by atoms with E-state index in [1.54, 1.807) is 24.8 Å². The van der Waals surface area contributed by atoms with Crippen molar-refractivity contribution in [3.05, 3.63) is 36.7 Å². The van der Waals surface area contributed by atoms with Gasteiger partial charge in [-0.05, 0) is 31.2 Å². The Labute approximate surface area is 140 Å². The van der Waals surface area contributed by atoms with Gasteiger partial charge in [0.15, 0.2) is 0 Å². The second-order valence-electron chi connectivity index (χ2n) is 6.57. The van der Waals surface area contributed by atoms with E-state index >= 15 is 0 Å². The van der Waals surface area contributed by atoms with Crippen LogP contribution in [0.15, 0.2) is 30.9 Å². The number of aromatic amines is 1. The molecule has 3 heterocycles. The van der Waals surface area contributed by atoms with Crippen LogP contribution < -0.4 is 10.2 Å². The summed E-state index contributed by atoms with van der Waals surface area (Å²) in [5.74, 6) is 2.03. The predicted molar refractivity (Wildman–Crippen MR) is 89.1 cm³/mol. The highest BCUT2D eigenvalue weighted by molar-refractivity contribution is 5.85. The lowest BCUT2D eigenvalue weighted by Gasteiger charge is -2.33. The molecule has 1 amide bonds. The van der Waals surface area contributed by atoms with Crippen LogP contribution >= 0.6 is 0 Å². The van der Waals surface area contributed by atoms with Gasteiger partial charge in [-0.15, -0.1) is 0 Å². The maximum atomic E-state index is 12.8. The summed E-state index contributed by atoms with van der Waals surface area (Å²) in [6, 6.07) is 1.99. The Bertz CT molecular complexity index is 674. The standard InChI is InChI=1S/C17H22N6O/c24-16(22-11-15-18-8-9-19-15)14-10-12-4-1-2-5-13(12)23(14)17-20-6-3-7-21-17/h3,6-9,12-14H,1-2,4-5,10-11H2,(H,18,19)(H,22,24). The highest BCUT2D eigenvalue weighted by atomic mass is 16.2. The van der Waals surface area contributed by atoms with Crippen molar-refractivity contribution in [1.29, 1.82) is 0 Å². The molecule has 24 heavy (non-hydrogen) atoms. The molecule has 1 aliphatic heterocycles. The van der Waals surface area contributed by atoms with Crippen LogP contribution in [0, 0.1) is 5.92 Å². The SMILES string of the molecule is O=C(NCc1ncc[nH]1)C1CC2CCCCC2N1c1ncccn1. The van der Waals surface area contributed by atoms with E-state index < -0.39 is 0 Å². The Kier molecular flexibility index (Phi) is 4.15. The molecule has 2 aromatic heterocycles. The summed E-state index contributed by atoms with van der Waals surface area (Å²) in [5.41, 5.74) is 0. The molecule has 1 aliphatic carbocycles. The van der Waals surface area contributed by atoms with Crippen LogP contribution in [0.4, 0.5) is 5.95 Å². The molecule has 7 heteroatoms. The quantitative estimate of drug-likeness (QED) is 0.892. The van der Waals surface area contributed by atoms with E-state index in [2.05, 4.69) is 30.2 Å². The smallest absolute Gasteiger partial charge is 0.243 e. The zero-order valence-electron chi connectivity index (χ0n) is 13.6. The summed E-state index contributed by atoms with van der Waals surface area (Å²) >= 11 is 0. The molecule has 1 saturated carbocycles. The van der Waals surface area contributed by atoms with E-state index in [4.69, 9.17) is 0 Å². The molecule has 0 radical (unpaired) electrons. The van der Waals surface area contributed by atoms with Gasteiger partial charge in [-0.1, -0.05) is 12.8 Å². The second kappa shape index (κ2) is 6.59. The monoisotopic (exact) mass is 326 g/mol. The number of imidazole rings is 1. The molecule has 126 valence electrons. The third kappa shape index (κ3) is 2.86. The molecule has 2 aliphatic rings. The first-order valence-electron chi connectivity index (χ1n) is 8.64. The fourth-order valence-electron chi connectivity index (χ4n) is 4.09. The van der Waals surface area contributed by atoms with Crippen molar-refractivity contribution >= 4 is 11.9 Å². The van der Waals surface area contributed by atoms with Crippen LogP contribution in [0.3, 0.4) is 0 Å². The van der Waals surface area contributed by atoms with Gasteiger partial charge in [0, 0.05) is 30.8 Å². The molecule has 3 unspecified atom stereocenters. The van der Waals surface area contributed by atoms with Crippen molar-refractivity contribution in [3.63, 3.8) is 0 Å². The number of amides is 1. The first-order chi connectivity index (χ1) is 11.8. The van der Waals surface area contributed by atoms with Crippen molar-refractivity contribution in [1.82, 2.24) is 25.3 Å². The van der Waals surface area contributed by atoms with Crippen molar-refractivity contribution < 1.29 is 4.79 Å². The van der Waals surface area contributed by atoms with E-state index in [9.17, 15) is 4.79 Å². The number of hydrogen-bond acceptors (Lipinski definition) is 5. The number of rotatable bonds is 4. The predicted octanol–water partition coefficient (Wildman–Crippen LogP) is 1.65. The minimum absolute atomic E-state index is 0.0354. The molecule has 4 rings (SSSR count). The van der Waals surface area contributed by atoms with Gasteiger partial charge in [0.1, 0.15) is 11.9 Å². The van der Waals surface area contributed by atoms with Gasteiger partial charge in [-0.2, -0.15) is 0 Å². The molecule has 0 aromatic carbocycles. The van der Waals surface area contributed by atoms with Gasteiger partial charge in [-0.25, -0.2) is 15.0 Å². The van der Waals surface area contributed by atoms with Crippen LogP contribution in [-0.4, -0.2) is 37.9 Å². The van der Waals surface area contributed by atoms with E-state index in [1.165, 1.54) is 19.3 Å². The average Bonchev–Trinajstić information content (AvgIpc) is 3.28. The first-order valence-corrected chi connectivity index (χ1v) is 8.64. The average molecular weight is 326 g/mol. The minimum Gasteiger partial charge on any atom is -0.347 e. The van der Waals surface area contributed by atoms with Gasteiger partial charge in [-0.3, -0.25) is 4.79 Å². The Morgan fingerprint density at radius 3 is 2.83 bits per heavy atom. The number of nitrogens with zero attached hydrogens (tertiary/aromatic N) is 4. The van der Waals surface area contributed by atoms with Crippen molar-refractivity contribution in [2.45, 2.75) is 50.7 Å². The highest BCUT2D eigenvalue weighted by Gasteiger charge is 2.46. The lowest BCUT2D eigenvalue weighted by Crippen LogP contribution is -2.47. The van der Waals surface area contributed by atoms with E-state index in [0.717, 1.165) is 18.7 Å². The topological polar surface area (TPSA) is 86.8 Å². The third-order valence-corrected chi connectivity index (χ3v) is 5.16. The second-order valence-corrected chi connectivity index (χ2v) is 6.57. The zero-order chi connectivity index (χ0) is 16.4. The van der Waals surface area contributed by atoms with Crippen molar-refractivity contribution in [2.75, 3.05) is 4.90 Å². The molecule has 3 atom stereocenters. The van der Waals surface area contributed by atoms with Crippen LogP contribution in [0.25, 0.3) is 0 Å². The maximum Gasteiger partial charge on any atom is 0.243 e. The van der Waals surface area contributed by atoms with Crippen molar-refractivity contribution in [2.24, 2.45) is 5.92 Å². The number of anilines is 1. The molecule has 2 aromatic rings. The molecular formula is C17H22N6O. The molecule has 7 nitrogen and oxygen atoms in total. The number of H-pyrrole nitrogens is 1. The van der Waals surface area contributed by atoms with Gasteiger partial charge >= 0.3 is 0 Å². The summed E-state index contributed by atoms with van der Waals surface area (Å²) in [7, 11) is 0. The lowest BCUT2D eigenvalue weighted by atomic mass is 9.85. The largest absolute Gasteiger partial charge is 0.347 e. The van der Waals surface area contributed by atoms with Crippen LogP contribution in [0.2, 0.25) is 0 Å². The number of carbonyl (C=O) groups excluding carboxylic acids is 1. The molecule has 1 saturated heterocycles. The number of fused-ring (bicyclic) bond motifs is 1. The van der Waals surface area contributed by atoms with E-state index in [1.807, 2.05) is 6.07 Å². The van der Waals surface area contributed by atoms with Crippen LogP contribution in [0.1, 0.15) is 37.9 Å². The van der Waals surface area contributed by atoms with Crippen LogP contribution in [0.5, 0.6) is 0 Å². The van der Waals surface area contributed by atoms with Crippen LogP contribution in [-0.2, 0) is 11.3 Å². The Balaban J connectivity index is 1.54.